The van der Waals surface area contributed by atoms with Crippen LogP contribution < -0.4 is 10.6 Å². The number of para-hydroxylation sites is 2. The molecule has 4 aromatic rings. The summed E-state index contributed by atoms with van der Waals surface area (Å²) < 4.78 is 1.66. The van der Waals surface area contributed by atoms with E-state index in [0.29, 0.717) is 17.0 Å². The van der Waals surface area contributed by atoms with Crippen molar-refractivity contribution in [3.05, 3.63) is 54.1 Å². The average Bonchev–Trinajstić information content (AvgIpc) is 3.10. The molecule has 3 heterocycles. The summed E-state index contributed by atoms with van der Waals surface area (Å²) in [5.41, 5.74) is 3.66. The van der Waals surface area contributed by atoms with Crippen LogP contribution in [0.2, 0.25) is 0 Å². The van der Waals surface area contributed by atoms with Crippen molar-refractivity contribution in [2.24, 2.45) is 0 Å². The topological polar surface area (TPSA) is 100 Å². The minimum atomic E-state index is 0.0631. The molecule has 1 aliphatic heterocycles. The highest BCUT2D eigenvalue weighted by atomic mass is 16.2. The zero-order chi connectivity index (χ0) is 19.6. The Morgan fingerprint density at radius 1 is 1.03 bits per heavy atom. The molecule has 2 aromatic heterocycles. The van der Waals surface area contributed by atoms with Crippen LogP contribution in [0.15, 0.2) is 48.5 Å². The lowest BCUT2D eigenvalue weighted by Crippen LogP contribution is -2.34. The van der Waals surface area contributed by atoms with Crippen LogP contribution in [0.3, 0.4) is 0 Å². The Kier molecular flexibility index (Phi) is 4.49. The molecule has 0 radical (unpaired) electrons. The van der Waals surface area contributed by atoms with Gasteiger partial charge in [-0.15, -0.1) is 5.10 Å². The number of amides is 1. The molecule has 0 unspecified atom stereocenters. The second kappa shape index (κ2) is 7.44. The van der Waals surface area contributed by atoms with Crippen molar-refractivity contribution in [1.82, 2.24) is 35.2 Å². The molecule has 9 nitrogen and oxygen atoms in total. The number of rotatable bonds is 3. The third-order valence-corrected chi connectivity index (χ3v) is 5.05. The summed E-state index contributed by atoms with van der Waals surface area (Å²) in [4.78, 5) is 19.3. The van der Waals surface area contributed by atoms with Crippen LogP contribution in [-0.4, -0.2) is 62.0 Å². The molecule has 1 fully saturated rings. The highest BCUT2D eigenvalue weighted by molar-refractivity contribution is 5.94. The first-order valence-corrected chi connectivity index (χ1v) is 9.63. The summed E-state index contributed by atoms with van der Waals surface area (Å²) in [5, 5.41) is 18.5. The van der Waals surface area contributed by atoms with Gasteiger partial charge in [-0.05, 0) is 59.8 Å². The summed E-state index contributed by atoms with van der Waals surface area (Å²) >= 11 is 0. The van der Waals surface area contributed by atoms with E-state index in [1.165, 1.54) is 0 Å². The lowest BCUT2D eigenvalue weighted by Gasteiger charge is -2.20. The van der Waals surface area contributed by atoms with Crippen molar-refractivity contribution in [2.45, 2.75) is 6.42 Å². The predicted molar refractivity (Wildman–Crippen MR) is 109 cm³/mol. The van der Waals surface area contributed by atoms with E-state index in [9.17, 15) is 4.79 Å². The van der Waals surface area contributed by atoms with E-state index in [0.717, 1.165) is 49.3 Å². The maximum absolute atomic E-state index is 12.7. The first-order chi connectivity index (χ1) is 14.3. The minimum Gasteiger partial charge on any atom is -0.337 e. The Hall–Kier alpha value is -3.59. The monoisotopic (exact) mass is 388 g/mol. The van der Waals surface area contributed by atoms with Gasteiger partial charge in [0.15, 0.2) is 5.82 Å². The molecule has 1 aliphatic rings. The standard InChI is InChI=1S/C20H20N8O/c29-20(27-12-3-10-21-11-13-27)14-6-8-15(9-7-14)22-18-19-24-25-26-28(19)17-5-2-1-4-16(17)23-18/h1-2,4-9,21H,3,10-13H2,(H,22,23). The van der Waals surface area contributed by atoms with Gasteiger partial charge in [-0.25, -0.2) is 4.98 Å². The van der Waals surface area contributed by atoms with Crippen molar-refractivity contribution >= 4 is 34.1 Å². The van der Waals surface area contributed by atoms with Crippen LogP contribution >= 0.6 is 0 Å². The number of nitrogens with zero attached hydrogens (tertiary/aromatic N) is 6. The van der Waals surface area contributed by atoms with Crippen LogP contribution in [0.4, 0.5) is 11.5 Å². The largest absolute Gasteiger partial charge is 0.337 e. The molecule has 1 saturated heterocycles. The molecule has 2 N–H and O–H groups in total. The molecule has 146 valence electrons. The summed E-state index contributed by atoms with van der Waals surface area (Å²) in [6, 6.07) is 15.1. The molecule has 2 aromatic carbocycles. The quantitative estimate of drug-likeness (QED) is 0.552. The molecule has 0 aliphatic carbocycles. The Morgan fingerprint density at radius 2 is 1.90 bits per heavy atom. The van der Waals surface area contributed by atoms with E-state index in [2.05, 4.69) is 31.1 Å². The molecular formula is C20H20N8O. The van der Waals surface area contributed by atoms with Crippen molar-refractivity contribution < 1.29 is 4.79 Å². The molecule has 0 spiro atoms. The van der Waals surface area contributed by atoms with Crippen molar-refractivity contribution in [2.75, 3.05) is 31.5 Å². The Bertz CT molecular complexity index is 1160. The minimum absolute atomic E-state index is 0.0631. The fourth-order valence-electron chi connectivity index (χ4n) is 3.55. The number of benzene rings is 2. The van der Waals surface area contributed by atoms with E-state index < -0.39 is 0 Å². The Balaban J connectivity index is 1.41. The van der Waals surface area contributed by atoms with Gasteiger partial charge in [-0.1, -0.05) is 12.1 Å². The first kappa shape index (κ1) is 17.5. The van der Waals surface area contributed by atoms with Gasteiger partial charge in [-0.2, -0.15) is 4.52 Å². The third-order valence-electron chi connectivity index (χ3n) is 5.05. The van der Waals surface area contributed by atoms with Crippen LogP contribution in [0.25, 0.3) is 16.7 Å². The van der Waals surface area contributed by atoms with Crippen LogP contribution in [0, 0.1) is 0 Å². The van der Waals surface area contributed by atoms with Gasteiger partial charge in [0.25, 0.3) is 5.91 Å². The lowest BCUT2D eigenvalue weighted by molar-refractivity contribution is 0.0766. The zero-order valence-electron chi connectivity index (χ0n) is 15.7. The highest BCUT2D eigenvalue weighted by Gasteiger charge is 2.17. The van der Waals surface area contributed by atoms with Crippen LogP contribution in [-0.2, 0) is 0 Å². The SMILES string of the molecule is O=C(c1ccc(Nc2nc3ccccc3n3nnnc23)cc1)N1CCCNCC1. The number of carbonyl (C=O) groups excluding carboxylic acids is 1. The molecule has 0 saturated carbocycles. The number of hydrogen-bond donors (Lipinski definition) is 2. The summed E-state index contributed by atoms with van der Waals surface area (Å²) in [7, 11) is 0. The Labute approximate surface area is 166 Å². The number of carbonyl (C=O) groups is 1. The Morgan fingerprint density at radius 3 is 2.79 bits per heavy atom. The van der Waals surface area contributed by atoms with Gasteiger partial charge >= 0.3 is 0 Å². The zero-order valence-corrected chi connectivity index (χ0v) is 15.7. The number of tetrazole rings is 1. The summed E-state index contributed by atoms with van der Waals surface area (Å²) in [6.45, 7) is 3.31. The average molecular weight is 388 g/mol. The number of fused-ring (bicyclic) bond motifs is 3. The summed E-state index contributed by atoms with van der Waals surface area (Å²) in [5.74, 6) is 0.625. The summed E-state index contributed by atoms with van der Waals surface area (Å²) in [6.07, 6.45) is 0.974. The number of anilines is 2. The van der Waals surface area contributed by atoms with Crippen LogP contribution in [0.5, 0.6) is 0 Å². The fraction of sp³-hybridized carbons (Fsp3) is 0.250. The van der Waals surface area contributed by atoms with Crippen molar-refractivity contribution in [1.29, 1.82) is 0 Å². The van der Waals surface area contributed by atoms with Gasteiger partial charge in [0.2, 0.25) is 5.65 Å². The molecule has 5 rings (SSSR count). The van der Waals surface area contributed by atoms with E-state index in [4.69, 9.17) is 0 Å². The predicted octanol–water partition coefficient (Wildman–Crippen LogP) is 1.85. The molecule has 1 amide bonds. The molecule has 9 heteroatoms. The second-order valence-corrected chi connectivity index (χ2v) is 6.96. The smallest absolute Gasteiger partial charge is 0.253 e. The molecule has 29 heavy (non-hydrogen) atoms. The number of nitrogens with one attached hydrogen (secondary N) is 2. The van der Waals surface area contributed by atoms with Gasteiger partial charge in [0, 0.05) is 30.9 Å². The molecule has 0 bridgehead atoms. The van der Waals surface area contributed by atoms with Crippen molar-refractivity contribution in [3.63, 3.8) is 0 Å². The highest BCUT2D eigenvalue weighted by Crippen LogP contribution is 2.23. The van der Waals surface area contributed by atoms with Gasteiger partial charge in [0.05, 0.1) is 11.0 Å². The number of hydrogen-bond acceptors (Lipinski definition) is 7. The first-order valence-electron chi connectivity index (χ1n) is 9.63. The molecule has 0 atom stereocenters. The van der Waals surface area contributed by atoms with Gasteiger partial charge in [0.1, 0.15) is 0 Å². The second-order valence-electron chi connectivity index (χ2n) is 6.96. The maximum atomic E-state index is 12.7. The van der Waals surface area contributed by atoms with Crippen LogP contribution in [0.1, 0.15) is 16.8 Å². The van der Waals surface area contributed by atoms with Gasteiger partial charge in [-0.3, -0.25) is 4.79 Å². The van der Waals surface area contributed by atoms with E-state index in [-0.39, 0.29) is 5.91 Å². The van der Waals surface area contributed by atoms with E-state index >= 15 is 0 Å². The molecular weight excluding hydrogens is 368 g/mol. The third kappa shape index (κ3) is 3.36. The van der Waals surface area contributed by atoms with E-state index in [1.54, 1.807) is 4.52 Å². The lowest BCUT2D eigenvalue weighted by atomic mass is 10.1. The fourth-order valence-corrected chi connectivity index (χ4v) is 3.55. The van der Waals surface area contributed by atoms with Crippen molar-refractivity contribution in [3.8, 4) is 0 Å². The van der Waals surface area contributed by atoms with E-state index in [1.807, 2.05) is 53.4 Å². The number of aromatic nitrogens is 5. The maximum Gasteiger partial charge on any atom is 0.253 e. The normalized spacial score (nSPS) is 14.8. The van der Waals surface area contributed by atoms with Gasteiger partial charge < -0.3 is 15.5 Å².